The summed E-state index contributed by atoms with van der Waals surface area (Å²) in [5.41, 5.74) is 5.46. The minimum absolute atomic E-state index is 0.0311. The molecule has 17 heavy (non-hydrogen) atoms. The van der Waals surface area contributed by atoms with Gasteiger partial charge in [0.15, 0.2) is 0 Å². The molecule has 0 aliphatic rings. The van der Waals surface area contributed by atoms with Crippen molar-refractivity contribution in [2.45, 2.75) is 4.90 Å². The van der Waals surface area contributed by atoms with Crippen LogP contribution in [0.15, 0.2) is 29.3 Å². The molecular formula is C8H7FN4O2S2. The fourth-order valence-corrected chi connectivity index (χ4v) is 2.97. The summed E-state index contributed by atoms with van der Waals surface area (Å²) >= 11 is 0.869. The molecule has 0 unspecified atom stereocenters. The van der Waals surface area contributed by atoms with Crippen molar-refractivity contribution >= 4 is 32.2 Å². The molecule has 0 saturated heterocycles. The fraction of sp³-hybridized carbons (Fsp3) is 0. The Kier molecular flexibility index (Phi) is 2.94. The monoisotopic (exact) mass is 274 g/mol. The van der Waals surface area contributed by atoms with Crippen LogP contribution in [-0.2, 0) is 10.0 Å². The van der Waals surface area contributed by atoms with Crippen molar-refractivity contribution in [2.75, 3.05) is 10.5 Å². The number of hydrogen-bond acceptors (Lipinski definition) is 6. The molecule has 9 heteroatoms. The Morgan fingerprint density at radius 3 is 2.82 bits per heavy atom. The van der Waals surface area contributed by atoms with Gasteiger partial charge in [-0.2, -0.15) is 0 Å². The van der Waals surface area contributed by atoms with E-state index in [-0.39, 0.29) is 15.6 Å². The lowest BCUT2D eigenvalue weighted by atomic mass is 10.3. The van der Waals surface area contributed by atoms with Crippen LogP contribution in [0.1, 0.15) is 0 Å². The van der Waals surface area contributed by atoms with E-state index in [0.717, 1.165) is 23.7 Å². The van der Waals surface area contributed by atoms with Crippen LogP contribution in [0.5, 0.6) is 0 Å². The van der Waals surface area contributed by atoms with Crippen LogP contribution in [-0.4, -0.2) is 18.0 Å². The quantitative estimate of drug-likeness (QED) is 0.815. The summed E-state index contributed by atoms with van der Waals surface area (Å²) in [5.74, 6) is -0.679. The van der Waals surface area contributed by atoms with Gasteiger partial charge in [0.05, 0.1) is 11.9 Å². The van der Waals surface area contributed by atoms with Crippen molar-refractivity contribution in [1.82, 2.24) is 9.59 Å². The van der Waals surface area contributed by atoms with E-state index in [0.29, 0.717) is 0 Å². The van der Waals surface area contributed by atoms with Gasteiger partial charge in [0.2, 0.25) is 0 Å². The molecule has 1 heterocycles. The number of halogens is 1. The standard InChI is InChI=1S/C8H7FN4O2S2/c9-5-1-2-6(10)7(3-5)17(14,15)12-8-4-11-13-16-8/h1-4,12H,10H2. The number of nitrogens with two attached hydrogens (primary N) is 1. The summed E-state index contributed by atoms with van der Waals surface area (Å²) in [7, 11) is -3.92. The second-order valence-corrected chi connectivity index (χ2v) is 5.51. The zero-order valence-corrected chi connectivity index (χ0v) is 9.93. The lowest BCUT2D eigenvalue weighted by molar-refractivity contribution is 0.596. The first-order valence-electron chi connectivity index (χ1n) is 4.34. The Morgan fingerprint density at radius 1 is 1.41 bits per heavy atom. The van der Waals surface area contributed by atoms with Gasteiger partial charge >= 0.3 is 0 Å². The van der Waals surface area contributed by atoms with Gasteiger partial charge in [-0.3, -0.25) is 4.72 Å². The Bertz CT molecular complexity index is 627. The Labute approximate surface area is 100 Å². The molecule has 1 aromatic carbocycles. The molecule has 0 amide bonds. The van der Waals surface area contributed by atoms with Crippen LogP contribution in [0.4, 0.5) is 15.1 Å². The minimum atomic E-state index is -3.92. The number of anilines is 2. The lowest BCUT2D eigenvalue weighted by Crippen LogP contribution is -2.14. The molecule has 3 N–H and O–H groups in total. The highest BCUT2D eigenvalue weighted by molar-refractivity contribution is 7.93. The van der Waals surface area contributed by atoms with Crippen molar-refractivity contribution in [3.8, 4) is 0 Å². The largest absolute Gasteiger partial charge is 0.398 e. The number of nitrogens with zero attached hydrogens (tertiary/aromatic N) is 2. The third-order valence-electron chi connectivity index (χ3n) is 1.86. The van der Waals surface area contributed by atoms with Gasteiger partial charge in [-0.05, 0) is 18.2 Å². The fourth-order valence-electron chi connectivity index (χ4n) is 1.14. The maximum Gasteiger partial charge on any atom is 0.264 e. The van der Waals surface area contributed by atoms with E-state index in [1.807, 2.05) is 0 Å². The number of rotatable bonds is 3. The highest BCUT2D eigenvalue weighted by atomic mass is 32.2. The molecule has 0 aliphatic carbocycles. The highest BCUT2D eigenvalue weighted by Crippen LogP contribution is 2.23. The van der Waals surface area contributed by atoms with Gasteiger partial charge in [-0.15, -0.1) is 5.10 Å². The molecule has 0 radical (unpaired) electrons. The number of sulfonamides is 1. The number of nitrogens with one attached hydrogen (secondary N) is 1. The lowest BCUT2D eigenvalue weighted by Gasteiger charge is -2.07. The third kappa shape index (κ3) is 2.50. The molecule has 1 aromatic heterocycles. The summed E-state index contributed by atoms with van der Waals surface area (Å²) in [4.78, 5) is -0.314. The topological polar surface area (TPSA) is 98.0 Å². The van der Waals surface area contributed by atoms with Crippen LogP contribution in [0.3, 0.4) is 0 Å². The van der Waals surface area contributed by atoms with Gasteiger partial charge in [0.25, 0.3) is 10.0 Å². The average molecular weight is 274 g/mol. The molecule has 2 rings (SSSR count). The zero-order valence-electron chi connectivity index (χ0n) is 8.29. The van der Waals surface area contributed by atoms with E-state index in [1.54, 1.807) is 0 Å². The molecule has 0 saturated carbocycles. The van der Waals surface area contributed by atoms with Crippen LogP contribution in [0.2, 0.25) is 0 Å². The van der Waals surface area contributed by atoms with Crippen molar-refractivity contribution in [1.29, 1.82) is 0 Å². The Morgan fingerprint density at radius 2 is 2.18 bits per heavy atom. The van der Waals surface area contributed by atoms with E-state index in [4.69, 9.17) is 5.73 Å². The highest BCUT2D eigenvalue weighted by Gasteiger charge is 2.19. The van der Waals surface area contributed by atoms with Crippen molar-refractivity contribution in [3.63, 3.8) is 0 Å². The van der Waals surface area contributed by atoms with E-state index in [1.165, 1.54) is 12.3 Å². The summed E-state index contributed by atoms with van der Waals surface area (Å²) in [5, 5.41) is 3.71. The predicted octanol–water partition coefficient (Wildman–Crippen LogP) is 1.06. The van der Waals surface area contributed by atoms with E-state index < -0.39 is 15.8 Å². The SMILES string of the molecule is Nc1ccc(F)cc1S(=O)(=O)Nc1cnns1. The third-order valence-corrected chi connectivity index (χ3v) is 3.99. The number of nitrogen functional groups attached to an aromatic ring is 1. The number of hydrogen-bond donors (Lipinski definition) is 2. The van der Waals surface area contributed by atoms with Crippen molar-refractivity contribution in [3.05, 3.63) is 30.2 Å². The zero-order chi connectivity index (χ0) is 12.5. The van der Waals surface area contributed by atoms with Crippen molar-refractivity contribution in [2.24, 2.45) is 0 Å². The van der Waals surface area contributed by atoms with E-state index in [2.05, 4.69) is 14.3 Å². The summed E-state index contributed by atoms with van der Waals surface area (Å²) < 4.78 is 42.4. The summed E-state index contributed by atoms with van der Waals surface area (Å²) in [6.07, 6.45) is 1.25. The minimum Gasteiger partial charge on any atom is -0.398 e. The number of benzene rings is 1. The first-order valence-corrected chi connectivity index (χ1v) is 6.60. The second-order valence-electron chi connectivity index (χ2n) is 3.07. The number of aromatic nitrogens is 2. The smallest absolute Gasteiger partial charge is 0.264 e. The molecule has 0 aliphatic heterocycles. The molecule has 0 spiro atoms. The Balaban J connectivity index is 2.41. The average Bonchev–Trinajstić information content (AvgIpc) is 2.73. The maximum absolute atomic E-state index is 13.0. The normalized spacial score (nSPS) is 11.4. The summed E-state index contributed by atoms with van der Waals surface area (Å²) in [6.45, 7) is 0. The van der Waals surface area contributed by atoms with Crippen LogP contribution in [0, 0.1) is 5.82 Å². The first-order chi connectivity index (χ1) is 7.99. The first kappa shape index (κ1) is 11.7. The molecule has 0 bridgehead atoms. The van der Waals surface area contributed by atoms with Gasteiger partial charge in [0, 0.05) is 11.5 Å². The van der Waals surface area contributed by atoms with Crippen LogP contribution >= 0.6 is 11.5 Å². The molecule has 0 atom stereocenters. The molecule has 90 valence electrons. The predicted molar refractivity (Wildman–Crippen MR) is 61.5 cm³/mol. The summed E-state index contributed by atoms with van der Waals surface area (Å²) in [6, 6.07) is 3.13. The van der Waals surface area contributed by atoms with Crippen LogP contribution < -0.4 is 10.5 Å². The van der Waals surface area contributed by atoms with Crippen LogP contribution in [0.25, 0.3) is 0 Å². The second kappa shape index (κ2) is 4.26. The van der Waals surface area contributed by atoms with Gasteiger partial charge in [-0.1, -0.05) is 4.49 Å². The Hall–Kier alpha value is -1.74. The molecule has 6 nitrogen and oxygen atoms in total. The van der Waals surface area contributed by atoms with Gasteiger partial charge < -0.3 is 5.73 Å². The van der Waals surface area contributed by atoms with Gasteiger partial charge in [-0.25, -0.2) is 12.8 Å². The van der Waals surface area contributed by atoms with E-state index >= 15 is 0 Å². The van der Waals surface area contributed by atoms with E-state index in [9.17, 15) is 12.8 Å². The molecular weight excluding hydrogens is 267 g/mol. The molecule has 0 fully saturated rings. The van der Waals surface area contributed by atoms with Gasteiger partial charge in [0.1, 0.15) is 15.7 Å². The molecule has 2 aromatic rings. The van der Waals surface area contributed by atoms with Crippen molar-refractivity contribution < 1.29 is 12.8 Å². The maximum atomic E-state index is 13.0.